The summed E-state index contributed by atoms with van der Waals surface area (Å²) in [5.41, 5.74) is 0.778. The molecule has 0 fully saturated rings. The van der Waals surface area contributed by atoms with Crippen LogP contribution in [0.3, 0.4) is 0 Å². The second kappa shape index (κ2) is 6.38. The predicted molar refractivity (Wildman–Crippen MR) is 67.7 cm³/mol. The molecular formula is C12H13BrF3NO2. The lowest BCUT2D eigenvalue weighted by Gasteiger charge is -2.20. The molecule has 7 heteroatoms. The molecular weight excluding hydrogens is 327 g/mol. The minimum absolute atomic E-state index is 0.373. The lowest BCUT2D eigenvalue weighted by Crippen LogP contribution is -2.39. The maximum Gasteiger partial charge on any atom is 0.403 e. The van der Waals surface area contributed by atoms with Crippen molar-refractivity contribution in [2.75, 3.05) is 6.54 Å². The van der Waals surface area contributed by atoms with Crippen molar-refractivity contribution < 1.29 is 23.1 Å². The van der Waals surface area contributed by atoms with Crippen LogP contribution in [-0.4, -0.2) is 23.8 Å². The van der Waals surface area contributed by atoms with Crippen LogP contribution in [0, 0.1) is 5.92 Å². The first kappa shape index (κ1) is 16.0. The van der Waals surface area contributed by atoms with Crippen molar-refractivity contribution in [1.82, 2.24) is 5.32 Å². The molecule has 2 N–H and O–H groups in total. The monoisotopic (exact) mass is 339 g/mol. The summed E-state index contributed by atoms with van der Waals surface area (Å²) in [6.45, 7) is 1.02. The fourth-order valence-corrected chi connectivity index (χ4v) is 1.95. The molecule has 0 aliphatic heterocycles. The highest BCUT2D eigenvalue weighted by Crippen LogP contribution is 2.27. The summed E-state index contributed by atoms with van der Waals surface area (Å²) in [6.07, 6.45) is -4.75. The molecule has 0 aliphatic rings. The van der Waals surface area contributed by atoms with E-state index in [0.717, 1.165) is 10.0 Å². The Morgan fingerprint density at radius 1 is 1.47 bits per heavy atom. The fourth-order valence-electron chi connectivity index (χ4n) is 1.53. The van der Waals surface area contributed by atoms with E-state index in [9.17, 15) is 18.0 Å². The van der Waals surface area contributed by atoms with Crippen molar-refractivity contribution in [3.63, 3.8) is 0 Å². The SMILES string of the molecule is C[C@@H](NCC(C(=O)O)C(F)(F)F)c1cccc(Br)c1. The van der Waals surface area contributed by atoms with E-state index in [1.807, 2.05) is 0 Å². The van der Waals surface area contributed by atoms with E-state index >= 15 is 0 Å². The Hall–Kier alpha value is -1.08. The van der Waals surface area contributed by atoms with Gasteiger partial charge in [0.1, 0.15) is 0 Å². The third-order valence-corrected chi connectivity index (χ3v) is 3.16. The van der Waals surface area contributed by atoms with Crippen LogP contribution in [0.1, 0.15) is 18.5 Å². The number of hydrogen-bond acceptors (Lipinski definition) is 2. The average molecular weight is 340 g/mol. The second-order valence-electron chi connectivity index (χ2n) is 4.12. The highest BCUT2D eigenvalue weighted by Gasteiger charge is 2.44. The third-order valence-electron chi connectivity index (χ3n) is 2.67. The number of aliphatic carboxylic acids is 1. The molecule has 0 amide bonds. The van der Waals surface area contributed by atoms with E-state index in [4.69, 9.17) is 5.11 Å². The standard InChI is InChI=1S/C12H13BrF3NO2/c1-7(8-3-2-4-9(13)5-8)17-6-10(11(18)19)12(14,15)16/h2-5,7,10,17H,6H2,1H3,(H,18,19)/t7-,10?/m1/s1. The fraction of sp³-hybridized carbons (Fsp3) is 0.417. The number of rotatable bonds is 5. The van der Waals surface area contributed by atoms with E-state index < -0.39 is 24.6 Å². The van der Waals surface area contributed by atoms with Gasteiger partial charge >= 0.3 is 12.1 Å². The Morgan fingerprint density at radius 2 is 2.11 bits per heavy atom. The summed E-state index contributed by atoms with van der Waals surface area (Å²) in [7, 11) is 0. The molecule has 0 aromatic heterocycles. The summed E-state index contributed by atoms with van der Waals surface area (Å²) >= 11 is 3.26. The van der Waals surface area contributed by atoms with Crippen LogP contribution in [0.2, 0.25) is 0 Å². The van der Waals surface area contributed by atoms with Gasteiger partial charge in [-0.1, -0.05) is 28.1 Å². The molecule has 0 saturated heterocycles. The van der Waals surface area contributed by atoms with Gasteiger partial charge in [0.05, 0.1) is 0 Å². The summed E-state index contributed by atoms with van der Waals surface area (Å²) in [4.78, 5) is 10.6. The number of halogens is 4. The largest absolute Gasteiger partial charge is 0.481 e. The third kappa shape index (κ3) is 4.83. The smallest absolute Gasteiger partial charge is 0.403 e. The normalized spacial score (nSPS) is 15.0. The molecule has 1 unspecified atom stereocenters. The van der Waals surface area contributed by atoms with E-state index in [2.05, 4.69) is 21.2 Å². The quantitative estimate of drug-likeness (QED) is 0.864. The van der Waals surface area contributed by atoms with Crippen LogP contribution in [0.5, 0.6) is 0 Å². The highest BCUT2D eigenvalue weighted by atomic mass is 79.9. The van der Waals surface area contributed by atoms with Crippen LogP contribution in [0.4, 0.5) is 13.2 Å². The Morgan fingerprint density at radius 3 is 2.58 bits per heavy atom. The number of carbonyl (C=O) groups is 1. The molecule has 0 radical (unpaired) electrons. The molecule has 0 spiro atoms. The van der Waals surface area contributed by atoms with Crippen LogP contribution in [0.25, 0.3) is 0 Å². The zero-order chi connectivity index (χ0) is 14.6. The topological polar surface area (TPSA) is 49.3 Å². The molecule has 0 saturated carbocycles. The van der Waals surface area contributed by atoms with Crippen LogP contribution in [0.15, 0.2) is 28.7 Å². The predicted octanol–water partition coefficient (Wildman–Crippen LogP) is 3.36. The van der Waals surface area contributed by atoms with Crippen LogP contribution in [-0.2, 0) is 4.79 Å². The first-order valence-corrected chi connectivity index (χ1v) is 6.29. The lowest BCUT2D eigenvalue weighted by molar-refractivity contribution is -0.192. The average Bonchev–Trinajstić information content (AvgIpc) is 2.26. The van der Waals surface area contributed by atoms with Gasteiger partial charge in [0.25, 0.3) is 0 Å². The maximum atomic E-state index is 12.5. The molecule has 0 bridgehead atoms. The van der Waals surface area contributed by atoms with Crippen molar-refractivity contribution in [2.24, 2.45) is 5.92 Å². The lowest BCUT2D eigenvalue weighted by atomic mass is 10.1. The molecule has 0 aliphatic carbocycles. The number of benzene rings is 1. The summed E-state index contributed by atoms with van der Waals surface area (Å²) in [6, 6.07) is 6.70. The summed E-state index contributed by atoms with van der Waals surface area (Å²) < 4.78 is 38.2. The summed E-state index contributed by atoms with van der Waals surface area (Å²) in [5, 5.41) is 11.2. The van der Waals surface area contributed by atoms with Gasteiger partial charge in [0.2, 0.25) is 0 Å². The van der Waals surface area contributed by atoms with Crippen LogP contribution < -0.4 is 5.32 Å². The first-order chi connectivity index (χ1) is 8.71. The number of alkyl halides is 3. The highest BCUT2D eigenvalue weighted by molar-refractivity contribution is 9.10. The van der Waals surface area contributed by atoms with Gasteiger partial charge in [-0.05, 0) is 24.6 Å². The molecule has 19 heavy (non-hydrogen) atoms. The molecule has 1 aromatic rings. The zero-order valence-electron chi connectivity index (χ0n) is 10.0. The van der Waals surface area contributed by atoms with Crippen molar-refractivity contribution >= 4 is 21.9 Å². The Labute approximate surface area is 116 Å². The Kier molecular flexibility index (Phi) is 5.37. The minimum atomic E-state index is -4.75. The van der Waals surface area contributed by atoms with E-state index in [-0.39, 0.29) is 6.04 Å². The van der Waals surface area contributed by atoms with Gasteiger partial charge in [-0.2, -0.15) is 13.2 Å². The van der Waals surface area contributed by atoms with Crippen LogP contribution >= 0.6 is 15.9 Å². The molecule has 3 nitrogen and oxygen atoms in total. The van der Waals surface area contributed by atoms with E-state index in [0.29, 0.717) is 0 Å². The van der Waals surface area contributed by atoms with Crippen molar-refractivity contribution in [1.29, 1.82) is 0 Å². The van der Waals surface area contributed by atoms with Gasteiger partial charge in [-0.25, -0.2) is 0 Å². The van der Waals surface area contributed by atoms with E-state index in [1.54, 1.807) is 31.2 Å². The number of hydrogen-bond donors (Lipinski definition) is 2. The molecule has 106 valence electrons. The molecule has 1 rings (SSSR count). The first-order valence-electron chi connectivity index (χ1n) is 5.50. The Balaban J connectivity index is 2.67. The van der Waals surface area contributed by atoms with Crippen molar-refractivity contribution in [3.8, 4) is 0 Å². The summed E-state index contributed by atoms with van der Waals surface area (Å²) in [5.74, 6) is -4.27. The number of carboxylic acid groups (broad SMARTS) is 1. The Bertz CT molecular complexity index is 451. The number of carboxylic acids is 1. The van der Waals surface area contributed by atoms with Crippen molar-refractivity contribution in [2.45, 2.75) is 19.1 Å². The van der Waals surface area contributed by atoms with Gasteiger partial charge in [0.15, 0.2) is 5.92 Å². The molecule has 2 atom stereocenters. The number of nitrogens with one attached hydrogen (secondary N) is 1. The van der Waals surface area contributed by atoms with Crippen molar-refractivity contribution in [3.05, 3.63) is 34.3 Å². The van der Waals surface area contributed by atoms with Gasteiger partial charge in [0, 0.05) is 17.1 Å². The minimum Gasteiger partial charge on any atom is -0.481 e. The van der Waals surface area contributed by atoms with Gasteiger partial charge < -0.3 is 10.4 Å². The van der Waals surface area contributed by atoms with Gasteiger partial charge in [-0.3, -0.25) is 4.79 Å². The second-order valence-corrected chi connectivity index (χ2v) is 5.03. The maximum absolute atomic E-state index is 12.5. The molecule has 0 heterocycles. The molecule has 1 aromatic carbocycles. The zero-order valence-corrected chi connectivity index (χ0v) is 11.6. The van der Waals surface area contributed by atoms with Gasteiger partial charge in [-0.15, -0.1) is 0 Å². The van der Waals surface area contributed by atoms with E-state index in [1.165, 1.54) is 0 Å².